The van der Waals surface area contributed by atoms with E-state index in [1.54, 1.807) is 25.7 Å². The van der Waals surface area contributed by atoms with Crippen LogP contribution in [0.1, 0.15) is 21.7 Å². The third-order valence-corrected chi connectivity index (χ3v) is 6.29. The molecule has 3 aromatic heterocycles. The number of aromatic nitrogens is 3. The third-order valence-electron chi connectivity index (χ3n) is 5.29. The smallest absolute Gasteiger partial charge is 0.251 e. The number of thioether (sulfide) groups is 1. The van der Waals surface area contributed by atoms with E-state index in [4.69, 9.17) is 13.6 Å². The number of amides is 1. The molecule has 0 unspecified atom stereocenters. The Morgan fingerprint density at radius 2 is 1.77 bits per heavy atom. The Labute approximate surface area is 205 Å². The Morgan fingerprint density at radius 3 is 2.51 bits per heavy atom. The molecule has 0 saturated carbocycles. The number of carbonyl (C=O) groups excluding carboxylic acids is 1. The molecule has 1 amide bonds. The van der Waals surface area contributed by atoms with Crippen molar-refractivity contribution >= 4 is 17.7 Å². The van der Waals surface area contributed by atoms with Crippen molar-refractivity contribution in [1.29, 1.82) is 0 Å². The molecule has 0 aliphatic heterocycles. The van der Waals surface area contributed by atoms with Gasteiger partial charge in [0.2, 0.25) is 5.82 Å². The molecule has 0 aliphatic carbocycles. The zero-order chi connectivity index (χ0) is 24.0. The van der Waals surface area contributed by atoms with Gasteiger partial charge in [0.15, 0.2) is 10.9 Å². The second-order valence-corrected chi connectivity index (χ2v) is 8.48. The average Bonchev–Trinajstić information content (AvgIpc) is 3.68. The lowest BCUT2D eigenvalue weighted by Crippen LogP contribution is -2.22. The van der Waals surface area contributed by atoms with E-state index in [2.05, 4.69) is 15.5 Å². The van der Waals surface area contributed by atoms with Gasteiger partial charge in [-0.2, -0.15) is 0 Å². The number of nitrogens with one attached hydrogen (secondary N) is 1. The molecule has 0 bridgehead atoms. The minimum Gasteiger partial charge on any atom is -0.495 e. The van der Waals surface area contributed by atoms with Crippen LogP contribution in [-0.2, 0) is 12.3 Å². The van der Waals surface area contributed by atoms with Gasteiger partial charge in [0, 0.05) is 11.3 Å². The lowest BCUT2D eigenvalue weighted by Gasteiger charge is -2.13. The van der Waals surface area contributed by atoms with Gasteiger partial charge in [-0.25, -0.2) is 0 Å². The van der Waals surface area contributed by atoms with Gasteiger partial charge in [-0.05, 0) is 54.1 Å². The maximum absolute atomic E-state index is 12.4. The summed E-state index contributed by atoms with van der Waals surface area (Å²) in [6.07, 6.45) is 3.19. The van der Waals surface area contributed by atoms with Crippen molar-refractivity contribution in [1.82, 2.24) is 20.1 Å². The zero-order valence-corrected chi connectivity index (χ0v) is 19.7. The Hall–Kier alpha value is -4.24. The summed E-state index contributed by atoms with van der Waals surface area (Å²) >= 11 is 1.53. The Bertz CT molecular complexity index is 1390. The van der Waals surface area contributed by atoms with Crippen LogP contribution in [0.2, 0.25) is 0 Å². The average molecular weight is 487 g/mol. The van der Waals surface area contributed by atoms with Gasteiger partial charge in [0.25, 0.3) is 5.91 Å². The molecule has 0 spiro atoms. The molecule has 2 aromatic carbocycles. The van der Waals surface area contributed by atoms with Gasteiger partial charge in [0.05, 0.1) is 31.9 Å². The molecule has 3 heterocycles. The molecular weight excluding hydrogens is 464 g/mol. The first-order chi connectivity index (χ1) is 17.2. The number of benzene rings is 2. The molecule has 0 aliphatic rings. The largest absolute Gasteiger partial charge is 0.495 e. The second-order valence-electron chi connectivity index (χ2n) is 7.54. The van der Waals surface area contributed by atoms with E-state index in [0.29, 0.717) is 46.1 Å². The monoisotopic (exact) mass is 486 g/mol. The molecule has 8 nitrogen and oxygen atoms in total. The van der Waals surface area contributed by atoms with Crippen molar-refractivity contribution in [2.24, 2.45) is 0 Å². The van der Waals surface area contributed by atoms with Crippen LogP contribution in [-0.4, -0.2) is 27.8 Å². The van der Waals surface area contributed by atoms with E-state index in [1.165, 1.54) is 11.8 Å². The normalized spacial score (nSPS) is 10.9. The van der Waals surface area contributed by atoms with Crippen molar-refractivity contribution < 1.29 is 18.4 Å². The standard InChI is InChI=1S/C26H22N4O4S/c1-32-22-8-3-2-7-21(22)30-24(23-9-5-15-34-23)28-29-26(30)35-17-18-10-12-19(13-11-18)25(31)27-16-20-6-4-14-33-20/h2-15H,16-17H2,1H3,(H,27,31). The quantitative estimate of drug-likeness (QED) is 0.281. The number of ether oxygens (including phenoxy) is 1. The predicted octanol–water partition coefficient (Wildman–Crippen LogP) is 5.35. The molecule has 1 N–H and O–H groups in total. The molecular formula is C26H22N4O4S. The van der Waals surface area contributed by atoms with E-state index in [0.717, 1.165) is 11.3 Å². The summed E-state index contributed by atoms with van der Waals surface area (Å²) in [6.45, 7) is 0.347. The number of carbonyl (C=O) groups is 1. The number of para-hydroxylation sites is 2. The highest BCUT2D eigenvalue weighted by molar-refractivity contribution is 7.98. The lowest BCUT2D eigenvalue weighted by atomic mass is 10.1. The molecule has 176 valence electrons. The van der Waals surface area contributed by atoms with Crippen LogP contribution < -0.4 is 10.1 Å². The van der Waals surface area contributed by atoms with E-state index in [1.807, 2.05) is 71.3 Å². The maximum Gasteiger partial charge on any atom is 0.251 e. The molecule has 5 rings (SSSR count). The van der Waals surface area contributed by atoms with Crippen LogP contribution in [0.15, 0.2) is 99.3 Å². The van der Waals surface area contributed by atoms with Crippen LogP contribution in [0.3, 0.4) is 0 Å². The number of hydrogen-bond acceptors (Lipinski definition) is 7. The van der Waals surface area contributed by atoms with E-state index in [9.17, 15) is 4.79 Å². The van der Waals surface area contributed by atoms with Gasteiger partial charge >= 0.3 is 0 Å². The fourth-order valence-corrected chi connectivity index (χ4v) is 4.44. The highest BCUT2D eigenvalue weighted by atomic mass is 32.2. The molecule has 0 radical (unpaired) electrons. The topological polar surface area (TPSA) is 95.3 Å². The Morgan fingerprint density at radius 1 is 0.971 bits per heavy atom. The highest BCUT2D eigenvalue weighted by Crippen LogP contribution is 2.33. The number of hydrogen-bond donors (Lipinski definition) is 1. The Kier molecular flexibility index (Phi) is 6.67. The number of rotatable bonds is 9. The third kappa shape index (κ3) is 4.99. The summed E-state index contributed by atoms with van der Waals surface area (Å²) in [5.74, 6) is 3.09. The number of methoxy groups -OCH3 is 1. The Balaban J connectivity index is 1.33. The van der Waals surface area contributed by atoms with Crippen molar-refractivity contribution in [3.8, 4) is 23.0 Å². The molecule has 5 aromatic rings. The molecule has 0 atom stereocenters. The van der Waals surface area contributed by atoms with Crippen molar-refractivity contribution in [3.05, 3.63) is 102 Å². The first-order valence-electron chi connectivity index (χ1n) is 10.9. The maximum atomic E-state index is 12.4. The van der Waals surface area contributed by atoms with E-state index >= 15 is 0 Å². The second kappa shape index (κ2) is 10.4. The van der Waals surface area contributed by atoms with Gasteiger partial charge in [-0.15, -0.1) is 10.2 Å². The molecule has 9 heteroatoms. The lowest BCUT2D eigenvalue weighted by molar-refractivity contribution is 0.0948. The summed E-state index contributed by atoms with van der Waals surface area (Å²) in [5.41, 5.74) is 2.45. The van der Waals surface area contributed by atoms with Crippen LogP contribution in [0.5, 0.6) is 5.75 Å². The first kappa shape index (κ1) is 22.5. The number of nitrogens with zero attached hydrogens (tertiary/aromatic N) is 3. The molecule has 35 heavy (non-hydrogen) atoms. The summed E-state index contributed by atoms with van der Waals surface area (Å²) in [5, 5.41) is 12.4. The summed E-state index contributed by atoms with van der Waals surface area (Å²) < 4.78 is 18.4. The number of furan rings is 2. The van der Waals surface area contributed by atoms with Crippen LogP contribution in [0.4, 0.5) is 0 Å². The summed E-state index contributed by atoms with van der Waals surface area (Å²) in [7, 11) is 1.63. The van der Waals surface area contributed by atoms with E-state index in [-0.39, 0.29) is 5.91 Å². The minimum absolute atomic E-state index is 0.153. The first-order valence-corrected chi connectivity index (χ1v) is 11.9. The summed E-state index contributed by atoms with van der Waals surface area (Å²) in [6, 6.07) is 22.5. The molecule has 0 fully saturated rings. The SMILES string of the molecule is COc1ccccc1-n1c(SCc2ccc(C(=O)NCc3ccco3)cc2)nnc1-c1ccco1. The van der Waals surface area contributed by atoms with E-state index < -0.39 is 0 Å². The van der Waals surface area contributed by atoms with Gasteiger partial charge in [-0.1, -0.05) is 36.0 Å². The fourth-order valence-electron chi connectivity index (χ4n) is 3.54. The van der Waals surface area contributed by atoms with Crippen molar-refractivity contribution in [2.75, 3.05) is 7.11 Å². The van der Waals surface area contributed by atoms with Crippen LogP contribution in [0, 0.1) is 0 Å². The minimum atomic E-state index is -0.153. The van der Waals surface area contributed by atoms with Crippen molar-refractivity contribution in [3.63, 3.8) is 0 Å². The summed E-state index contributed by atoms with van der Waals surface area (Å²) in [4.78, 5) is 12.4. The van der Waals surface area contributed by atoms with Crippen molar-refractivity contribution in [2.45, 2.75) is 17.5 Å². The predicted molar refractivity (Wildman–Crippen MR) is 131 cm³/mol. The van der Waals surface area contributed by atoms with Gasteiger partial charge in [-0.3, -0.25) is 9.36 Å². The fraction of sp³-hybridized carbons (Fsp3) is 0.115. The zero-order valence-electron chi connectivity index (χ0n) is 18.9. The van der Waals surface area contributed by atoms with Gasteiger partial charge < -0.3 is 18.9 Å². The van der Waals surface area contributed by atoms with Crippen LogP contribution >= 0.6 is 11.8 Å². The van der Waals surface area contributed by atoms with Crippen LogP contribution in [0.25, 0.3) is 17.3 Å². The molecule has 0 saturated heterocycles. The highest BCUT2D eigenvalue weighted by Gasteiger charge is 2.20. The van der Waals surface area contributed by atoms with Gasteiger partial charge in [0.1, 0.15) is 11.5 Å².